The van der Waals surface area contributed by atoms with Gasteiger partial charge in [-0.05, 0) is 23.6 Å². The Hall–Kier alpha value is -2.83. The number of hydrogen-bond acceptors (Lipinski definition) is 6. The molecule has 0 saturated heterocycles. The minimum Gasteiger partial charge on any atom is -0.452 e. The maximum atomic E-state index is 5.93. The summed E-state index contributed by atoms with van der Waals surface area (Å²) in [6.45, 7) is 4.19. The van der Waals surface area contributed by atoms with Crippen molar-refractivity contribution in [2.45, 2.75) is 19.8 Å². The highest BCUT2D eigenvalue weighted by atomic mass is 16.5. The van der Waals surface area contributed by atoms with Crippen molar-refractivity contribution >= 4 is 22.7 Å². The van der Waals surface area contributed by atoms with E-state index in [4.69, 9.17) is 16.2 Å². The van der Waals surface area contributed by atoms with Gasteiger partial charge in [0.25, 0.3) is 0 Å². The highest BCUT2D eigenvalue weighted by molar-refractivity contribution is 5.81. The minimum atomic E-state index is 0.122. The molecule has 0 unspecified atom stereocenters. The normalized spacial score (nSPS) is 11.3. The molecule has 3 aromatic rings. The predicted molar refractivity (Wildman–Crippen MR) is 85.7 cm³/mol. The van der Waals surface area contributed by atoms with Crippen molar-refractivity contribution in [3.05, 3.63) is 30.1 Å². The molecule has 0 aliphatic heterocycles. The van der Waals surface area contributed by atoms with Gasteiger partial charge in [-0.1, -0.05) is 13.8 Å². The van der Waals surface area contributed by atoms with Gasteiger partial charge in [-0.15, -0.1) is 0 Å². The van der Waals surface area contributed by atoms with E-state index in [1.54, 1.807) is 4.68 Å². The lowest BCUT2D eigenvalue weighted by atomic mass is 10.0. The maximum absolute atomic E-state index is 5.93. The van der Waals surface area contributed by atoms with Crippen LogP contribution in [0, 0.1) is 0 Å². The Bertz CT molecular complexity index is 839. The van der Waals surface area contributed by atoms with Crippen LogP contribution < -0.4 is 16.2 Å². The fraction of sp³-hybridized carbons (Fsp3) is 0.267. The van der Waals surface area contributed by atoms with Crippen LogP contribution in [0.4, 0.5) is 11.8 Å². The van der Waals surface area contributed by atoms with E-state index in [2.05, 4.69) is 28.9 Å². The van der Waals surface area contributed by atoms with Crippen LogP contribution >= 0.6 is 0 Å². The third kappa shape index (κ3) is 2.52. The lowest BCUT2D eigenvalue weighted by molar-refractivity contribution is 0.472. The zero-order valence-electron chi connectivity index (χ0n) is 12.7. The lowest BCUT2D eigenvalue weighted by Gasteiger charge is -2.14. The molecular weight excluding hydrogens is 280 g/mol. The van der Waals surface area contributed by atoms with Crippen LogP contribution in [-0.4, -0.2) is 19.7 Å². The van der Waals surface area contributed by atoms with Crippen LogP contribution in [0.15, 0.2) is 24.5 Å². The molecule has 4 N–H and O–H groups in total. The summed E-state index contributed by atoms with van der Waals surface area (Å²) >= 11 is 0. The zero-order valence-corrected chi connectivity index (χ0v) is 12.7. The molecule has 3 rings (SSSR count). The Kier molecular flexibility index (Phi) is 3.32. The van der Waals surface area contributed by atoms with Gasteiger partial charge in [0, 0.05) is 18.6 Å². The molecule has 7 heteroatoms. The first-order valence-electron chi connectivity index (χ1n) is 6.97. The Morgan fingerprint density at radius 1 is 1.18 bits per heavy atom. The monoisotopic (exact) mass is 298 g/mol. The highest BCUT2D eigenvalue weighted by Gasteiger charge is 2.14. The van der Waals surface area contributed by atoms with Gasteiger partial charge in [0.15, 0.2) is 11.6 Å². The summed E-state index contributed by atoms with van der Waals surface area (Å²) < 4.78 is 7.71. The minimum absolute atomic E-state index is 0.122. The van der Waals surface area contributed by atoms with E-state index in [1.807, 2.05) is 25.4 Å². The Labute approximate surface area is 127 Å². The number of aryl methyl sites for hydroxylation is 1. The van der Waals surface area contributed by atoms with Crippen molar-refractivity contribution in [3.63, 3.8) is 0 Å². The number of nitrogens with two attached hydrogens (primary N) is 2. The number of nitrogen functional groups attached to an aromatic ring is 2. The maximum Gasteiger partial charge on any atom is 0.222 e. The van der Waals surface area contributed by atoms with Crippen LogP contribution in [0.1, 0.15) is 25.3 Å². The molecule has 0 bridgehead atoms. The summed E-state index contributed by atoms with van der Waals surface area (Å²) in [6, 6.07) is 3.98. The number of benzene rings is 1. The van der Waals surface area contributed by atoms with Gasteiger partial charge < -0.3 is 16.2 Å². The second kappa shape index (κ2) is 5.18. The van der Waals surface area contributed by atoms with E-state index < -0.39 is 0 Å². The first-order valence-corrected chi connectivity index (χ1v) is 6.97. The van der Waals surface area contributed by atoms with Crippen molar-refractivity contribution in [1.82, 2.24) is 19.7 Å². The standard InChI is InChI=1S/C15H18N6O/c1-8(2)10-5-11-9(7-21(3)20-11)4-12(10)22-13-6-18-15(17)19-14(13)16/h4-8H,1-3H3,(H4,16,17,18,19). The van der Waals surface area contributed by atoms with Crippen molar-refractivity contribution in [1.29, 1.82) is 0 Å². The van der Waals surface area contributed by atoms with Gasteiger partial charge in [0.1, 0.15) is 5.75 Å². The third-order valence-corrected chi connectivity index (χ3v) is 3.39. The average molecular weight is 298 g/mol. The molecule has 114 valence electrons. The predicted octanol–water partition coefficient (Wildman–Crippen LogP) is 2.44. The van der Waals surface area contributed by atoms with Crippen LogP contribution in [0.5, 0.6) is 11.5 Å². The quantitative estimate of drug-likeness (QED) is 0.769. The van der Waals surface area contributed by atoms with Crippen LogP contribution in [-0.2, 0) is 7.05 Å². The second-order valence-electron chi connectivity index (χ2n) is 5.49. The number of fused-ring (bicyclic) bond motifs is 1. The van der Waals surface area contributed by atoms with E-state index in [0.717, 1.165) is 22.2 Å². The van der Waals surface area contributed by atoms with Crippen molar-refractivity contribution in [2.75, 3.05) is 11.5 Å². The molecule has 0 spiro atoms. The number of aromatic nitrogens is 4. The summed E-state index contributed by atoms with van der Waals surface area (Å²) in [5.74, 6) is 1.72. The number of ether oxygens (including phenoxy) is 1. The SMILES string of the molecule is CC(C)c1cc2nn(C)cc2cc1Oc1cnc(N)nc1N. The Balaban J connectivity index is 2.09. The van der Waals surface area contributed by atoms with Crippen LogP contribution in [0.25, 0.3) is 10.9 Å². The number of anilines is 2. The number of nitrogens with zero attached hydrogens (tertiary/aromatic N) is 4. The number of hydrogen-bond donors (Lipinski definition) is 2. The molecule has 0 fully saturated rings. The molecule has 0 aliphatic carbocycles. The van der Waals surface area contributed by atoms with Gasteiger partial charge in [0.2, 0.25) is 5.95 Å². The molecule has 0 saturated carbocycles. The van der Waals surface area contributed by atoms with Crippen LogP contribution in [0.3, 0.4) is 0 Å². The summed E-state index contributed by atoms with van der Waals surface area (Å²) in [5, 5.41) is 5.43. The van der Waals surface area contributed by atoms with E-state index in [0.29, 0.717) is 5.75 Å². The van der Waals surface area contributed by atoms with Crippen molar-refractivity contribution in [2.24, 2.45) is 7.05 Å². The first-order chi connectivity index (χ1) is 10.4. The summed E-state index contributed by atoms with van der Waals surface area (Å²) in [5.41, 5.74) is 13.3. The molecule has 0 aliphatic rings. The Morgan fingerprint density at radius 3 is 2.64 bits per heavy atom. The smallest absolute Gasteiger partial charge is 0.222 e. The van der Waals surface area contributed by atoms with E-state index in [1.165, 1.54) is 6.20 Å². The van der Waals surface area contributed by atoms with Crippen molar-refractivity contribution in [3.8, 4) is 11.5 Å². The van der Waals surface area contributed by atoms with Gasteiger partial charge >= 0.3 is 0 Å². The summed E-state index contributed by atoms with van der Waals surface area (Å²) in [6.07, 6.45) is 3.42. The lowest BCUT2D eigenvalue weighted by Crippen LogP contribution is -2.02. The fourth-order valence-electron chi connectivity index (χ4n) is 2.33. The Morgan fingerprint density at radius 2 is 1.95 bits per heavy atom. The topological polar surface area (TPSA) is 105 Å². The van der Waals surface area contributed by atoms with Gasteiger partial charge in [-0.25, -0.2) is 4.98 Å². The van der Waals surface area contributed by atoms with E-state index in [-0.39, 0.29) is 17.7 Å². The molecule has 7 nitrogen and oxygen atoms in total. The largest absolute Gasteiger partial charge is 0.452 e. The summed E-state index contributed by atoms with van der Waals surface area (Å²) in [4.78, 5) is 7.84. The first kappa shape index (κ1) is 14.1. The molecule has 0 amide bonds. The molecule has 2 heterocycles. The molecule has 1 aromatic carbocycles. The highest BCUT2D eigenvalue weighted by Crippen LogP contribution is 2.35. The molecule has 0 radical (unpaired) electrons. The van der Waals surface area contributed by atoms with Gasteiger partial charge in [0.05, 0.1) is 11.7 Å². The van der Waals surface area contributed by atoms with Gasteiger partial charge in [-0.2, -0.15) is 10.1 Å². The van der Waals surface area contributed by atoms with Gasteiger partial charge in [-0.3, -0.25) is 4.68 Å². The molecular formula is C15H18N6O. The van der Waals surface area contributed by atoms with Crippen molar-refractivity contribution < 1.29 is 4.74 Å². The zero-order chi connectivity index (χ0) is 15.9. The van der Waals surface area contributed by atoms with E-state index >= 15 is 0 Å². The second-order valence-corrected chi connectivity index (χ2v) is 5.49. The molecule has 0 atom stereocenters. The number of rotatable bonds is 3. The average Bonchev–Trinajstić information content (AvgIpc) is 2.80. The third-order valence-electron chi connectivity index (χ3n) is 3.39. The van der Waals surface area contributed by atoms with Crippen LogP contribution in [0.2, 0.25) is 0 Å². The van der Waals surface area contributed by atoms with E-state index in [9.17, 15) is 0 Å². The molecule has 22 heavy (non-hydrogen) atoms. The fourth-order valence-corrected chi connectivity index (χ4v) is 2.33. The molecule has 2 aromatic heterocycles. The summed E-state index contributed by atoms with van der Waals surface area (Å²) in [7, 11) is 1.89.